The van der Waals surface area contributed by atoms with Crippen LogP contribution in [-0.4, -0.2) is 6.79 Å². The van der Waals surface area contributed by atoms with Crippen LogP contribution in [-0.2, 0) is 24.7 Å². The van der Waals surface area contributed by atoms with E-state index in [-0.39, 0.29) is 41.0 Å². The summed E-state index contributed by atoms with van der Waals surface area (Å²) in [6.07, 6.45) is -17.4. The molecule has 0 saturated heterocycles. The average molecular weight is 1980 g/mol. The highest BCUT2D eigenvalue weighted by Crippen LogP contribution is 2.39. The van der Waals surface area contributed by atoms with E-state index in [4.69, 9.17) is 44.3 Å². The van der Waals surface area contributed by atoms with Gasteiger partial charge in [-0.2, -0.15) is 52.7 Å². The molecule has 0 aromatic heterocycles. The van der Waals surface area contributed by atoms with Crippen molar-refractivity contribution in [3.8, 4) is 11.5 Å². The molecule has 0 amide bonds. The van der Waals surface area contributed by atoms with Gasteiger partial charge in [0.25, 0.3) is 0 Å². The summed E-state index contributed by atoms with van der Waals surface area (Å²) in [6, 6.07) is 78.5. The van der Waals surface area contributed by atoms with Crippen LogP contribution in [0.25, 0.3) is 0 Å². The third-order valence-corrected chi connectivity index (χ3v) is 22.8. The van der Waals surface area contributed by atoms with Gasteiger partial charge in [-0.25, -0.2) is 8.78 Å². The Bertz CT molecular complexity index is 5350. The van der Waals surface area contributed by atoms with E-state index in [0.717, 1.165) is 73.6 Å². The first-order valence-electron chi connectivity index (χ1n) is 47.0. The monoisotopic (exact) mass is 1980 g/mol. The molecule has 0 bridgehead atoms. The third-order valence-electron chi connectivity index (χ3n) is 21.8. The molecule has 12 aromatic rings. The lowest BCUT2D eigenvalue weighted by Crippen LogP contribution is -2.10. The Morgan fingerprint density at radius 3 is 0.964 bits per heavy atom. The van der Waals surface area contributed by atoms with Gasteiger partial charge in [0.15, 0.2) is 11.5 Å². The minimum absolute atomic E-state index is 0.00944. The van der Waals surface area contributed by atoms with Crippen molar-refractivity contribution in [1.29, 1.82) is 0 Å². The highest BCUT2D eigenvalue weighted by atomic mass is 35.5. The lowest BCUT2D eigenvalue weighted by molar-refractivity contribution is -0.140. The summed E-state index contributed by atoms with van der Waals surface area (Å²) < 4.78 is 184. The van der Waals surface area contributed by atoms with E-state index >= 15 is 0 Å². The number of ether oxygens (including phenoxy) is 2. The lowest BCUT2D eigenvalue weighted by atomic mass is 9.98. The highest BCUT2D eigenvalue weighted by Gasteiger charge is 2.36. The molecule has 2 nitrogen and oxygen atoms in total. The van der Waals surface area contributed by atoms with Crippen molar-refractivity contribution < 1.29 is 70.9 Å². The van der Waals surface area contributed by atoms with Crippen molar-refractivity contribution >= 4 is 34.8 Å². The van der Waals surface area contributed by atoms with Crippen molar-refractivity contribution in [1.82, 2.24) is 0 Å². The summed E-state index contributed by atoms with van der Waals surface area (Å²) in [7, 11) is 0. The summed E-state index contributed by atoms with van der Waals surface area (Å²) in [6.45, 7) is 61.5. The fourth-order valence-corrected chi connectivity index (χ4v) is 13.4. The van der Waals surface area contributed by atoms with E-state index in [1.54, 1.807) is 52.8 Å². The van der Waals surface area contributed by atoms with E-state index < -0.39 is 52.8 Å². The van der Waals surface area contributed by atoms with Gasteiger partial charge >= 0.3 is 24.7 Å². The molecule has 1 aliphatic heterocycles. The summed E-state index contributed by atoms with van der Waals surface area (Å²) in [4.78, 5) is 0. The van der Waals surface area contributed by atoms with Gasteiger partial charge < -0.3 is 9.47 Å². The second-order valence-electron chi connectivity index (χ2n) is 37.9. The fourth-order valence-electron chi connectivity index (χ4n) is 12.7. The molecule has 19 heteroatoms. The molecule has 1 aliphatic rings. The largest absolute Gasteiger partial charge is 0.454 e. The van der Waals surface area contributed by atoms with Gasteiger partial charge in [-0.1, -0.05) is 411 Å². The van der Waals surface area contributed by atoms with Crippen LogP contribution in [0.1, 0.15) is 360 Å². The lowest BCUT2D eigenvalue weighted by Gasteiger charge is -2.12. The number of hydrogen-bond donors (Lipinski definition) is 0. The van der Waals surface area contributed by atoms with Crippen molar-refractivity contribution in [2.24, 2.45) is 0 Å². The van der Waals surface area contributed by atoms with Crippen LogP contribution in [0.5, 0.6) is 11.5 Å². The number of fused-ring (bicyclic) bond motifs is 1. The molecule has 0 atom stereocenters. The van der Waals surface area contributed by atoms with Crippen molar-refractivity contribution in [3.63, 3.8) is 0 Å². The predicted octanol–water partition coefficient (Wildman–Crippen LogP) is 41.6. The number of hydrogen-bond acceptors (Lipinski definition) is 2. The first kappa shape index (κ1) is 124. The normalized spacial score (nSPS) is 11.4. The minimum Gasteiger partial charge on any atom is -0.454 e. The van der Waals surface area contributed by atoms with Crippen LogP contribution in [0.2, 0.25) is 15.1 Å². The van der Waals surface area contributed by atoms with Gasteiger partial charge in [0.1, 0.15) is 11.6 Å². The van der Waals surface area contributed by atoms with Gasteiger partial charge in [-0.3, -0.25) is 0 Å². The van der Waals surface area contributed by atoms with Crippen molar-refractivity contribution in [3.05, 3.63) is 410 Å². The number of aryl methyl sites for hydroxylation is 6. The summed E-state index contributed by atoms with van der Waals surface area (Å²) >= 11 is 17.4. The molecule has 0 N–H and O–H groups in total. The maximum Gasteiger partial charge on any atom is 0.419 e. The SMILES string of the molecule is CC(C)c1cc(C(F)(F)F)ccc1Cl.CC(C)c1ccc2c(c1)OCO2.CC(C)c1cccc(C(F)(F)F)c1.CC(C)c1cccc(C(F)(F)F)c1F.CC(C)c1cccc(Cl)c1.CC(C)c1ccccc1.Cc1cc(C(C)C)cc(C(F)(F)F)c1.Cc1cc(C(C)C)ccc1Cl.Cc1ccc(C(C)C)cc1.Cc1ccc(C(C)C)cc1.Cc1ccc(C(C)C)cc1.Cc1ccc(F)c(C(C)C)c1. The zero-order chi connectivity index (χ0) is 105. The fraction of sp³-hybridized carbons (Fsp3) is 0.395. The van der Waals surface area contributed by atoms with Gasteiger partial charge in [0, 0.05) is 15.1 Å². The zero-order valence-corrected chi connectivity index (χ0v) is 88.5. The second-order valence-corrected chi connectivity index (χ2v) is 39.1. The van der Waals surface area contributed by atoms with Crippen LogP contribution in [0.3, 0.4) is 0 Å². The predicted molar refractivity (Wildman–Crippen MR) is 556 cm³/mol. The van der Waals surface area contributed by atoms with Crippen LogP contribution in [0.15, 0.2) is 261 Å². The highest BCUT2D eigenvalue weighted by molar-refractivity contribution is 6.31. The summed E-state index contributed by atoms with van der Waals surface area (Å²) in [5.41, 5.74) is 16.5. The molecule has 754 valence electrons. The molecule has 0 fully saturated rings. The van der Waals surface area contributed by atoms with E-state index in [2.05, 4.69) is 239 Å². The first-order valence-corrected chi connectivity index (χ1v) is 48.1. The Morgan fingerprint density at radius 2 is 0.580 bits per heavy atom. The molecule has 13 rings (SSSR count). The van der Waals surface area contributed by atoms with Crippen LogP contribution in [0.4, 0.5) is 61.5 Å². The quantitative estimate of drug-likeness (QED) is 0.114. The second kappa shape index (κ2) is 60.3. The Balaban J connectivity index is 0.000000510. The average Bonchev–Trinajstić information content (AvgIpc) is 1.11. The number of halogens is 17. The van der Waals surface area contributed by atoms with Crippen LogP contribution in [0, 0.1) is 53.2 Å². The van der Waals surface area contributed by atoms with E-state index in [1.165, 1.54) is 104 Å². The number of alkyl halides is 12. The van der Waals surface area contributed by atoms with Gasteiger partial charge in [-0.15, -0.1) is 0 Å². The zero-order valence-electron chi connectivity index (χ0n) is 86.2. The standard InChI is InChI=1S/C11H13F3.C10H10ClF3.C10H13Cl.C10H10F4.C10H11F3.C10H13F.C10H12O2.3C10H14.C9H11Cl.C9H12/c1-7(2)9-4-8(3)5-10(6-9)11(12,13)14;1-6(2)8-5-7(10(12,13)14)3-4-9(8)11;1-7(2)9-4-5-10(11)8(3)6-9;1-6(2)7-4-3-5-8(9(7)11)10(12,13)14;1-7(2)8-4-3-5-9(6-8)10(11,12)13;1-7(2)9-6-8(3)4-5-10(9)11;1-7(2)8-3-4-9-10(5-8)12-6-11-9;3*1-8(2)10-6-4-9(3)5-7-10;1-7(2)8-4-3-5-9(10)6-8;1-8(2)9-6-4-3-5-7-9/h4-7H,1-3H3;3-6H,1-2H3;4-7H,1-3H3;3-6H,1-2H3;3-7H,1-2H3;4-7H,1-3H3;3-5,7H,6H2,1-2H3;3*4-8H,1-3H3;3-7H,1-2H3;3-8H,1-2H3. The van der Waals surface area contributed by atoms with Gasteiger partial charge in [-0.05, 0) is 264 Å². The molecule has 12 aromatic carbocycles. The molecular formula is C119H147Cl3F14O2. The number of rotatable bonds is 12. The first-order chi connectivity index (χ1) is 64.0. The Kier molecular flexibility index (Phi) is 54.3. The molecule has 1 heterocycles. The minimum atomic E-state index is -4.62. The molecule has 0 aliphatic carbocycles. The van der Waals surface area contributed by atoms with Gasteiger partial charge in [0.2, 0.25) is 6.79 Å². The Hall–Kier alpha value is -9.87. The maximum absolute atomic E-state index is 13.3. The molecule has 138 heavy (non-hydrogen) atoms. The molecule has 0 unspecified atom stereocenters. The smallest absolute Gasteiger partial charge is 0.419 e. The molecular weight excluding hydrogens is 1830 g/mol. The molecule has 0 radical (unpaired) electrons. The van der Waals surface area contributed by atoms with Crippen molar-refractivity contribution in [2.45, 2.75) is 303 Å². The molecule has 0 spiro atoms. The van der Waals surface area contributed by atoms with E-state index in [9.17, 15) is 61.5 Å². The summed E-state index contributed by atoms with van der Waals surface area (Å²) in [5.74, 6) is 5.06. The Morgan fingerprint density at radius 1 is 0.232 bits per heavy atom. The van der Waals surface area contributed by atoms with E-state index in [0.29, 0.717) is 64.4 Å². The topological polar surface area (TPSA) is 18.5 Å². The van der Waals surface area contributed by atoms with Crippen molar-refractivity contribution in [2.75, 3.05) is 6.79 Å². The summed E-state index contributed by atoms with van der Waals surface area (Å²) in [5, 5.41) is 2.06. The molecule has 0 saturated carbocycles. The van der Waals surface area contributed by atoms with Crippen LogP contribution < -0.4 is 9.47 Å². The van der Waals surface area contributed by atoms with Gasteiger partial charge in [0.05, 0.1) is 22.3 Å². The van der Waals surface area contributed by atoms with Crippen LogP contribution >= 0.6 is 34.8 Å². The van der Waals surface area contributed by atoms with E-state index in [1.807, 2.05) is 104 Å². The maximum atomic E-state index is 13.3. The number of benzene rings is 12. The Labute approximate surface area is 832 Å². The third kappa shape index (κ3) is 47.4.